The number of carbonyl (C=O) groups excluding carboxylic acids is 1. The summed E-state index contributed by atoms with van der Waals surface area (Å²) in [5.41, 5.74) is 0.367. The Morgan fingerprint density at radius 2 is 2.00 bits per heavy atom. The van der Waals surface area contributed by atoms with Gasteiger partial charge in [0.05, 0.1) is 17.8 Å². The fraction of sp³-hybridized carbons (Fsp3) is 0.462. The first-order chi connectivity index (χ1) is 7.92. The molecule has 1 aromatic carbocycles. The minimum Gasteiger partial charge on any atom is -0.490 e. The molecule has 0 aromatic heterocycles. The number of aldehydes is 1. The van der Waals surface area contributed by atoms with Gasteiger partial charge >= 0.3 is 0 Å². The average Bonchev–Trinajstić information content (AvgIpc) is 2.24. The highest BCUT2D eigenvalue weighted by Crippen LogP contribution is 2.21. The van der Waals surface area contributed by atoms with Gasteiger partial charge in [0.25, 0.3) is 0 Å². The van der Waals surface area contributed by atoms with Crippen LogP contribution in [0.5, 0.6) is 5.75 Å². The van der Waals surface area contributed by atoms with Gasteiger partial charge in [-0.3, -0.25) is 4.79 Å². The fourth-order valence-corrected chi connectivity index (χ4v) is 1.62. The Hall–Kier alpha value is -0.870. The van der Waals surface area contributed by atoms with E-state index in [0.29, 0.717) is 24.5 Å². The summed E-state index contributed by atoms with van der Waals surface area (Å²) in [7, 11) is 0. The quantitative estimate of drug-likeness (QED) is 0.617. The van der Waals surface area contributed by atoms with Gasteiger partial charge in [-0.1, -0.05) is 15.9 Å². The number of halogens is 1. The zero-order valence-corrected chi connectivity index (χ0v) is 11.9. The molecule has 0 aliphatic heterocycles. The van der Waals surface area contributed by atoms with Crippen LogP contribution in [0.15, 0.2) is 22.7 Å². The standard InChI is InChI=1S/C13H17BrO3/c1-13(2,3)17-7-6-16-12-5-4-11(14)8-10(12)9-15/h4-5,8-9H,6-7H2,1-3H3. The lowest BCUT2D eigenvalue weighted by molar-refractivity contribution is -0.0163. The monoisotopic (exact) mass is 300 g/mol. The molecule has 0 saturated carbocycles. The largest absolute Gasteiger partial charge is 0.490 e. The maximum atomic E-state index is 10.8. The topological polar surface area (TPSA) is 35.5 Å². The molecule has 94 valence electrons. The lowest BCUT2D eigenvalue weighted by atomic mass is 10.2. The van der Waals surface area contributed by atoms with Crippen LogP contribution >= 0.6 is 15.9 Å². The third kappa shape index (κ3) is 5.33. The predicted molar refractivity (Wildman–Crippen MR) is 70.7 cm³/mol. The van der Waals surface area contributed by atoms with Gasteiger partial charge in [-0.05, 0) is 39.0 Å². The van der Waals surface area contributed by atoms with E-state index in [2.05, 4.69) is 15.9 Å². The molecule has 0 amide bonds. The summed E-state index contributed by atoms with van der Waals surface area (Å²) in [5, 5.41) is 0. The Morgan fingerprint density at radius 3 is 2.59 bits per heavy atom. The molecule has 0 fully saturated rings. The molecule has 0 saturated heterocycles. The van der Waals surface area contributed by atoms with Gasteiger partial charge in [0.1, 0.15) is 12.4 Å². The van der Waals surface area contributed by atoms with Crippen LogP contribution in [-0.4, -0.2) is 25.1 Å². The van der Waals surface area contributed by atoms with Crippen LogP contribution in [0.25, 0.3) is 0 Å². The number of hydrogen-bond acceptors (Lipinski definition) is 3. The van der Waals surface area contributed by atoms with Crippen LogP contribution < -0.4 is 4.74 Å². The maximum Gasteiger partial charge on any atom is 0.153 e. The summed E-state index contributed by atoms with van der Waals surface area (Å²) in [6, 6.07) is 5.34. The van der Waals surface area contributed by atoms with E-state index in [-0.39, 0.29) is 5.60 Å². The highest BCUT2D eigenvalue weighted by molar-refractivity contribution is 9.10. The molecule has 1 rings (SSSR count). The minimum absolute atomic E-state index is 0.170. The molecule has 4 heteroatoms. The lowest BCUT2D eigenvalue weighted by Gasteiger charge is -2.19. The summed E-state index contributed by atoms with van der Waals surface area (Å²) in [6.45, 7) is 6.90. The third-order valence-electron chi connectivity index (χ3n) is 1.97. The van der Waals surface area contributed by atoms with Crippen LogP contribution in [0.4, 0.5) is 0 Å². The zero-order chi connectivity index (χ0) is 12.9. The molecule has 0 aliphatic carbocycles. The van der Waals surface area contributed by atoms with Crippen molar-refractivity contribution in [1.82, 2.24) is 0 Å². The van der Waals surface area contributed by atoms with E-state index in [9.17, 15) is 4.79 Å². The van der Waals surface area contributed by atoms with Crippen molar-refractivity contribution in [3.63, 3.8) is 0 Å². The SMILES string of the molecule is CC(C)(C)OCCOc1ccc(Br)cc1C=O. The molecule has 0 N–H and O–H groups in total. The smallest absolute Gasteiger partial charge is 0.153 e. The number of rotatable bonds is 5. The van der Waals surface area contributed by atoms with Crippen molar-refractivity contribution >= 4 is 22.2 Å². The van der Waals surface area contributed by atoms with Crippen molar-refractivity contribution in [1.29, 1.82) is 0 Å². The number of hydrogen-bond donors (Lipinski definition) is 0. The van der Waals surface area contributed by atoms with E-state index in [1.54, 1.807) is 12.1 Å². The highest BCUT2D eigenvalue weighted by Gasteiger charge is 2.10. The molecule has 1 aromatic rings. The normalized spacial score (nSPS) is 11.3. The molecule has 0 bridgehead atoms. The summed E-state index contributed by atoms with van der Waals surface area (Å²) in [4.78, 5) is 10.8. The van der Waals surface area contributed by atoms with Crippen LogP contribution in [0, 0.1) is 0 Å². The Balaban J connectivity index is 2.49. The van der Waals surface area contributed by atoms with Gasteiger partial charge in [-0.15, -0.1) is 0 Å². The molecule has 0 heterocycles. The molecule has 0 atom stereocenters. The molecule has 0 unspecified atom stereocenters. The minimum atomic E-state index is -0.170. The summed E-state index contributed by atoms with van der Waals surface area (Å²) < 4.78 is 11.9. The second-order valence-electron chi connectivity index (χ2n) is 4.61. The molecule has 0 spiro atoms. The number of carbonyl (C=O) groups is 1. The molecular weight excluding hydrogens is 284 g/mol. The van der Waals surface area contributed by atoms with E-state index in [1.807, 2.05) is 26.8 Å². The third-order valence-corrected chi connectivity index (χ3v) is 2.47. The van der Waals surface area contributed by atoms with Crippen molar-refractivity contribution in [2.45, 2.75) is 26.4 Å². The predicted octanol–water partition coefficient (Wildman–Crippen LogP) is 3.46. The highest BCUT2D eigenvalue weighted by atomic mass is 79.9. The van der Waals surface area contributed by atoms with Crippen molar-refractivity contribution in [2.75, 3.05) is 13.2 Å². The molecule has 3 nitrogen and oxygen atoms in total. The van der Waals surface area contributed by atoms with Crippen molar-refractivity contribution in [3.05, 3.63) is 28.2 Å². The van der Waals surface area contributed by atoms with E-state index in [1.165, 1.54) is 0 Å². The molecular formula is C13H17BrO3. The van der Waals surface area contributed by atoms with Crippen molar-refractivity contribution in [3.8, 4) is 5.75 Å². The van der Waals surface area contributed by atoms with Crippen LogP contribution in [0.2, 0.25) is 0 Å². The summed E-state index contributed by atoms with van der Waals surface area (Å²) in [6.07, 6.45) is 0.782. The zero-order valence-electron chi connectivity index (χ0n) is 10.3. The van der Waals surface area contributed by atoms with E-state index >= 15 is 0 Å². The number of benzene rings is 1. The Bertz CT molecular complexity index is 383. The first kappa shape index (κ1) is 14.2. The fourth-order valence-electron chi connectivity index (χ4n) is 1.24. The first-order valence-corrected chi connectivity index (χ1v) is 6.23. The van der Waals surface area contributed by atoms with Gasteiger partial charge in [0, 0.05) is 4.47 Å². The Kier molecular flexibility index (Phi) is 5.15. The molecule has 0 radical (unpaired) electrons. The van der Waals surface area contributed by atoms with E-state index in [4.69, 9.17) is 9.47 Å². The van der Waals surface area contributed by atoms with Crippen LogP contribution in [0.3, 0.4) is 0 Å². The van der Waals surface area contributed by atoms with Crippen molar-refractivity contribution < 1.29 is 14.3 Å². The number of ether oxygens (including phenoxy) is 2. The van der Waals surface area contributed by atoms with Gasteiger partial charge in [-0.25, -0.2) is 0 Å². The van der Waals surface area contributed by atoms with Gasteiger partial charge in [-0.2, -0.15) is 0 Å². The Labute approximate surface area is 110 Å². The second kappa shape index (κ2) is 6.17. The molecule has 0 aliphatic rings. The maximum absolute atomic E-state index is 10.8. The summed E-state index contributed by atoms with van der Waals surface area (Å²) >= 11 is 3.31. The van der Waals surface area contributed by atoms with Crippen LogP contribution in [-0.2, 0) is 4.74 Å². The summed E-state index contributed by atoms with van der Waals surface area (Å²) in [5.74, 6) is 0.584. The van der Waals surface area contributed by atoms with Gasteiger partial charge in [0.2, 0.25) is 0 Å². The first-order valence-electron chi connectivity index (χ1n) is 5.44. The van der Waals surface area contributed by atoms with Crippen molar-refractivity contribution in [2.24, 2.45) is 0 Å². The van der Waals surface area contributed by atoms with E-state index < -0.39 is 0 Å². The molecule has 17 heavy (non-hydrogen) atoms. The average molecular weight is 301 g/mol. The van der Waals surface area contributed by atoms with Gasteiger partial charge in [0.15, 0.2) is 6.29 Å². The van der Waals surface area contributed by atoms with Crippen LogP contribution in [0.1, 0.15) is 31.1 Å². The second-order valence-corrected chi connectivity index (χ2v) is 5.52. The Morgan fingerprint density at radius 1 is 1.29 bits per heavy atom. The van der Waals surface area contributed by atoms with E-state index in [0.717, 1.165) is 10.8 Å². The van der Waals surface area contributed by atoms with Gasteiger partial charge < -0.3 is 9.47 Å². The lowest BCUT2D eigenvalue weighted by Crippen LogP contribution is -2.22.